The van der Waals surface area contributed by atoms with E-state index in [0.29, 0.717) is 23.9 Å². The van der Waals surface area contributed by atoms with Gasteiger partial charge in [0, 0.05) is 19.4 Å². The van der Waals surface area contributed by atoms with Crippen molar-refractivity contribution in [2.24, 2.45) is 0 Å². The summed E-state index contributed by atoms with van der Waals surface area (Å²) in [7, 11) is 3.97. The van der Waals surface area contributed by atoms with E-state index in [1.54, 1.807) is 18.4 Å². The van der Waals surface area contributed by atoms with Gasteiger partial charge in [-0.3, -0.25) is 4.79 Å². The summed E-state index contributed by atoms with van der Waals surface area (Å²) < 4.78 is 10.4. The fourth-order valence-electron chi connectivity index (χ4n) is 2.63. The van der Waals surface area contributed by atoms with Gasteiger partial charge in [-0.15, -0.1) is 0 Å². The number of furan rings is 1. The molecule has 136 valence electrons. The van der Waals surface area contributed by atoms with E-state index in [9.17, 15) is 4.79 Å². The van der Waals surface area contributed by atoms with Gasteiger partial charge in [0.15, 0.2) is 5.76 Å². The molecule has 7 heteroatoms. The molecule has 1 atom stereocenters. The van der Waals surface area contributed by atoms with Crippen molar-refractivity contribution in [3.63, 3.8) is 0 Å². The monoisotopic (exact) mass is 354 g/mol. The molecular weight excluding hydrogens is 332 g/mol. The Morgan fingerprint density at radius 3 is 2.69 bits per heavy atom. The fraction of sp³-hybridized carbons (Fsp3) is 0.316. The van der Waals surface area contributed by atoms with Crippen LogP contribution < -0.4 is 5.32 Å². The van der Waals surface area contributed by atoms with Gasteiger partial charge in [-0.25, -0.2) is 0 Å². The molecule has 0 aliphatic carbocycles. The van der Waals surface area contributed by atoms with Gasteiger partial charge in [-0.2, -0.15) is 4.98 Å². The minimum atomic E-state index is -0.0694. The maximum atomic E-state index is 12.4. The van der Waals surface area contributed by atoms with Gasteiger partial charge < -0.3 is 19.2 Å². The molecule has 0 aliphatic rings. The molecule has 1 aromatic carbocycles. The lowest BCUT2D eigenvalue weighted by Crippen LogP contribution is -2.35. The van der Waals surface area contributed by atoms with Crippen LogP contribution in [0.1, 0.15) is 23.9 Å². The van der Waals surface area contributed by atoms with Crippen molar-refractivity contribution in [1.82, 2.24) is 20.4 Å². The molecule has 26 heavy (non-hydrogen) atoms. The second-order valence-electron chi connectivity index (χ2n) is 6.28. The second kappa shape index (κ2) is 8.44. The van der Waals surface area contributed by atoms with Crippen molar-refractivity contribution < 1.29 is 13.7 Å². The van der Waals surface area contributed by atoms with E-state index in [1.165, 1.54) is 0 Å². The molecule has 0 fully saturated rings. The quantitative estimate of drug-likeness (QED) is 0.669. The van der Waals surface area contributed by atoms with Crippen molar-refractivity contribution in [3.8, 4) is 11.6 Å². The van der Waals surface area contributed by atoms with E-state index in [-0.39, 0.29) is 18.4 Å². The molecule has 3 aromatic rings. The van der Waals surface area contributed by atoms with Crippen LogP contribution in [0.2, 0.25) is 0 Å². The van der Waals surface area contributed by atoms with Crippen LogP contribution in [0.15, 0.2) is 57.7 Å². The predicted molar refractivity (Wildman–Crippen MR) is 96.2 cm³/mol. The molecule has 0 bridgehead atoms. The summed E-state index contributed by atoms with van der Waals surface area (Å²) in [5.41, 5.74) is 1.08. The van der Waals surface area contributed by atoms with Crippen LogP contribution in [0.5, 0.6) is 0 Å². The fourth-order valence-corrected chi connectivity index (χ4v) is 2.63. The molecule has 2 heterocycles. The summed E-state index contributed by atoms with van der Waals surface area (Å²) in [6.07, 6.45) is 2.20. The molecule has 0 saturated heterocycles. The Kier molecular flexibility index (Phi) is 5.80. The van der Waals surface area contributed by atoms with Crippen LogP contribution >= 0.6 is 0 Å². The van der Waals surface area contributed by atoms with Crippen LogP contribution in [0, 0.1) is 0 Å². The van der Waals surface area contributed by atoms with Crippen molar-refractivity contribution >= 4 is 5.91 Å². The Bertz CT molecular complexity index is 812. The number of carbonyl (C=O) groups is 1. The molecule has 2 aromatic heterocycles. The number of carbonyl (C=O) groups excluding carboxylic acids is 1. The maximum Gasteiger partial charge on any atom is 0.238 e. The van der Waals surface area contributed by atoms with Crippen molar-refractivity contribution in [2.75, 3.05) is 20.6 Å². The molecule has 0 radical (unpaired) electrons. The zero-order valence-corrected chi connectivity index (χ0v) is 14.9. The van der Waals surface area contributed by atoms with Crippen LogP contribution in [0.3, 0.4) is 0 Å². The molecule has 1 amide bonds. The number of likely N-dealkylation sites (N-methyl/N-ethyl adjacent to an activating group) is 1. The maximum absolute atomic E-state index is 12.4. The molecule has 3 rings (SSSR count). The Balaban J connectivity index is 1.57. The van der Waals surface area contributed by atoms with E-state index < -0.39 is 0 Å². The molecule has 0 spiro atoms. The van der Waals surface area contributed by atoms with Crippen LogP contribution in [0.25, 0.3) is 11.6 Å². The minimum absolute atomic E-state index is 0.0570. The largest absolute Gasteiger partial charge is 0.461 e. The van der Waals surface area contributed by atoms with E-state index in [2.05, 4.69) is 15.5 Å². The van der Waals surface area contributed by atoms with E-state index in [4.69, 9.17) is 8.94 Å². The Morgan fingerprint density at radius 2 is 2.00 bits per heavy atom. The predicted octanol–water partition coefficient (Wildman–Crippen LogP) is 2.68. The lowest BCUT2D eigenvalue weighted by Gasteiger charge is -2.22. The van der Waals surface area contributed by atoms with Crippen LogP contribution in [0.4, 0.5) is 0 Å². The third-order valence-electron chi connectivity index (χ3n) is 3.86. The summed E-state index contributed by atoms with van der Waals surface area (Å²) in [4.78, 5) is 18.7. The summed E-state index contributed by atoms with van der Waals surface area (Å²) >= 11 is 0. The zero-order chi connectivity index (χ0) is 18.4. The Morgan fingerprint density at radius 1 is 1.19 bits per heavy atom. The molecule has 0 saturated carbocycles. The Labute approximate surface area is 152 Å². The van der Waals surface area contributed by atoms with Gasteiger partial charge in [-0.1, -0.05) is 35.5 Å². The van der Waals surface area contributed by atoms with Crippen molar-refractivity contribution in [3.05, 3.63) is 60.2 Å². The van der Waals surface area contributed by atoms with Crippen molar-refractivity contribution in [1.29, 1.82) is 0 Å². The van der Waals surface area contributed by atoms with Gasteiger partial charge in [0.05, 0.1) is 12.3 Å². The lowest BCUT2D eigenvalue weighted by atomic mass is 10.1. The zero-order valence-electron chi connectivity index (χ0n) is 14.9. The number of hydrogen-bond donors (Lipinski definition) is 1. The van der Waals surface area contributed by atoms with Gasteiger partial charge in [-0.05, 0) is 31.8 Å². The van der Waals surface area contributed by atoms with Gasteiger partial charge >= 0.3 is 0 Å². The first-order chi connectivity index (χ1) is 12.6. The Hall–Kier alpha value is -2.93. The first-order valence-corrected chi connectivity index (χ1v) is 8.47. The van der Waals surface area contributed by atoms with E-state index >= 15 is 0 Å². The normalized spacial score (nSPS) is 12.3. The van der Waals surface area contributed by atoms with Gasteiger partial charge in [0.1, 0.15) is 0 Å². The summed E-state index contributed by atoms with van der Waals surface area (Å²) in [6.45, 7) is 0.721. The second-order valence-corrected chi connectivity index (χ2v) is 6.28. The van der Waals surface area contributed by atoms with E-state index in [1.807, 2.05) is 49.3 Å². The van der Waals surface area contributed by atoms with Crippen molar-refractivity contribution in [2.45, 2.75) is 18.9 Å². The number of amides is 1. The number of aryl methyl sites for hydroxylation is 1. The van der Waals surface area contributed by atoms with Gasteiger partial charge in [0.25, 0.3) is 0 Å². The minimum Gasteiger partial charge on any atom is -0.461 e. The summed E-state index contributed by atoms with van der Waals surface area (Å²) in [5, 5.41) is 6.95. The standard InChI is InChI=1S/C19H22N4O3/c1-23(2)13-15(14-7-4-3-5-8-14)20-17(24)10-11-18-21-19(22-26-18)16-9-6-12-25-16/h3-9,12,15H,10-11,13H2,1-2H3,(H,20,24). The average Bonchev–Trinajstić information content (AvgIpc) is 3.31. The summed E-state index contributed by atoms with van der Waals surface area (Å²) in [6, 6.07) is 13.4. The number of benzene rings is 1. The highest BCUT2D eigenvalue weighted by molar-refractivity contribution is 5.76. The molecule has 1 N–H and O–H groups in total. The average molecular weight is 354 g/mol. The molecule has 1 unspecified atom stereocenters. The third kappa shape index (κ3) is 4.80. The SMILES string of the molecule is CN(C)CC(NC(=O)CCc1nc(-c2ccco2)no1)c1ccccc1. The van der Waals surface area contributed by atoms with E-state index in [0.717, 1.165) is 12.1 Å². The topological polar surface area (TPSA) is 84.4 Å². The van der Waals surface area contributed by atoms with Crippen LogP contribution in [-0.4, -0.2) is 41.6 Å². The number of rotatable bonds is 8. The molecular formula is C19H22N4O3. The summed E-state index contributed by atoms with van der Waals surface area (Å²) in [5.74, 6) is 1.29. The first kappa shape index (κ1) is 17.9. The highest BCUT2D eigenvalue weighted by Gasteiger charge is 2.17. The molecule has 7 nitrogen and oxygen atoms in total. The van der Waals surface area contributed by atoms with Gasteiger partial charge in [0.2, 0.25) is 17.6 Å². The lowest BCUT2D eigenvalue weighted by molar-refractivity contribution is -0.122. The highest BCUT2D eigenvalue weighted by atomic mass is 16.5. The first-order valence-electron chi connectivity index (χ1n) is 8.47. The highest BCUT2D eigenvalue weighted by Crippen LogP contribution is 2.17. The third-order valence-corrected chi connectivity index (χ3v) is 3.86. The number of nitrogens with zero attached hydrogens (tertiary/aromatic N) is 3. The molecule has 0 aliphatic heterocycles. The number of aromatic nitrogens is 2. The smallest absolute Gasteiger partial charge is 0.238 e. The number of hydrogen-bond acceptors (Lipinski definition) is 6. The van der Waals surface area contributed by atoms with Crippen LogP contribution in [-0.2, 0) is 11.2 Å². The number of nitrogens with one attached hydrogen (secondary N) is 1.